The number of benzene rings is 1. The number of carbonyl (C=O) groups excluding carboxylic acids is 1. The predicted molar refractivity (Wildman–Crippen MR) is 116 cm³/mol. The lowest BCUT2D eigenvalue weighted by atomic mass is 10.1. The van der Waals surface area contributed by atoms with Crippen molar-refractivity contribution in [2.75, 3.05) is 25.5 Å². The Morgan fingerprint density at radius 3 is 2.59 bits per heavy atom. The number of rotatable bonds is 6. The number of amides is 1. The molecule has 29 heavy (non-hydrogen) atoms. The number of methoxy groups -OCH3 is 1. The highest BCUT2D eigenvalue weighted by atomic mass is 32.1. The first-order chi connectivity index (χ1) is 14.1. The fourth-order valence-corrected chi connectivity index (χ4v) is 4.68. The minimum absolute atomic E-state index is 0.139. The maximum absolute atomic E-state index is 12.6. The summed E-state index contributed by atoms with van der Waals surface area (Å²) in [6.07, 6.45) is 3.80. The van der Waals surface area contributed by atoms with Crippen LogP contribution in [0.2, 0.25) is 0 Å². The summed E-state index contributed by atoms with van der Waals surface area (Å²) in [5, 5.41) is 7.50. The standard InChI is InChI=1S/C22H26N4O2S/c1-16-3-8-20(29-16)15-25-13-10-18(11-14-25)26-21(9-12-23-26)24-22(27)17-4-6-19(28-2)7-5-17/h3-9,12,18H,10-11,13-15H2,1-2H3,(H,24,27). The Kier molecular flexibility index (Phi) is 5.97. The van der Waals surface area contributed by atoms with Crippen LogP contribution in [0.15, 0.2) is 48.7 Å². The van der Waals surface area contributed by atoms with Crippen molar-refractivity contribution >= 4 is 23.1 Å². The fourth-order valence-electron chi connectivity index (χ4n) is 3.75. The molecule has 0 unspecified atom stereocenters. The van der Waals surface area contributed by atoms with Crippen molar-refractivity contribution in [3.8, 4) is 5.75 Å². The molecule has 4 rings (SSSR count). The van der Waals surface area contributed by atoms with E-state index < -0.39 is 0 Å². The first-order valence-corrected chi connectivity index (χ1v) is 10.7. The molecule has 0 aliphatic carbocycles. The van der Waals surface area contributed by atoms with Crippen molar-refractivity contribution in [2.24, 2.45) is 0 Å². The molecule has 2 aromatic heterocycles. The lowest BCUT2D eigenvalue weighted by Gasteiger charge is -2.32. The van der Waals surface area contributed by atoms with Crippen molar-refractivity contribution in [3.05, 3.63) is 64.0 Å². The van der Waals surface area contributed by atoms with Crippen LogP contribution >= 0.6 is 11.3 Å². The summed E-state index contributed by atoms with van der Waals surface area (Å²) in [6, 6.07) is 13.7. The van der Waals surface area contributed by atoms with E-state index in [-0.39, 0.29) is 5.91 Å². The van der Waals surface area contributed by atoms with Crippen LogP contribution in [0.3, 0.4) is 0 Å². The number of likely N-dealkylation sites (tertiary alicyclic amines) is 1. The SMILES string of the molecule is COc1ccc(C(=O)Nc2ccnn2C2CCN(Cc3ccc(C)s3)CC2)cc1. The molecule has 1 N–H and O–H groups in total. The van der Waals surface area contributed by atoms with Gasteiger partial charge in [-0.3, -0.25) is 9.69 Å². The Morgan fingerprint density at radius 1 is 1.17 bits per heavy atom. The minimum atomic E-state index is -0.139. The van der Waals surface area contributed by atoms with Crippen LogP contribution in [0, 0.1) is 6.92 Å². The van der Waals surface area contributed by atoms with Crippen LogP contribution in [0.4, 0.5) is 5.82 Å². The largest absolute Gasteiger partial charge is 0.497 e. The molecule has 0 radical (unpaired) electrons. The van der Waals surface area contributed by atoms with Gasteiger partial charge < -0.3 is 10.1 Å². The second-order valence-electron chi connectivity index (χ2n) is 7.36. The lowest BCUT2D eigenvalue weighted by molar-refractivity contribution is 0.102. The number of nitrogens with zero attached hydrogens (tertiary/aromatic N) is 3. The molecule has 1 saturated heterocycles. The van der Waals surface area contributed by atoms with Gasteiger partial charge in [0.25, 0.3) is 5.91 Å². The highest BCUT2D eigenvalue weighted by Crippen LogP contribution is 2.27. The third-order valence-corrected chi connectivity index (χ3v) is 6.33. The van der Waals surface area contributed by atoms with Crippen LogP contribution in [-0.4, -0.2) is 40.8 Å². The number of aromatic nitrogens is 2. The van der Waals surface area contributed by atoms with E-state index in [0.717, 1.165) is 44.0 Å². The van der Waals surface area contributed by atoms with Gasteiger partial charge >= 0.3 is 0 Å². The maximum atomic E-state index is 12.6. The molecular weight excluding hydrogens is 384 g/mol. The van der Waals surface area contributed by atoms with Gasteiger partial charge in [0.1, 0.15) is 11.6 Å². The van der Waals surface area contributed by atoms with E-state index in [2.05, 4.69) is 34.4 Å². The number of thiophene rings is 1. The summed E-state index contributed by atoms with van der Waals surface area (Å²) < 4.78 is 7.12. The molecule has 0 spiro atoms. The van der Waals surface area contributed by atoms with Gasteiger partial charge in [0.05, 0.1) is 19.3 Å². The van der Waals surface area contributed by atoms with Gasteiger partial charge in [0.15, 0.2) is 0 Å². The van der Waals surface area contributed by atoms with Gasteiger partial charge in [0.2, 0.25) is 0 Å². The van der Waals surface area contributed by atoms with Gasteiger partial charge in [-0.15, -0.1) is 11.3 Å². The van der Waals surface area contributed by atoms with Gasteiger partial charge in [-0.1, -0.05) is 0 Å². The van der Waals surface area contributed by atoms with Crippen molar-refractivity contribution in [1.82, 2.24) is 14.7 Å². The molecular formula is C22H26N4O2S. The average Bonchev–Trinajstić information content (AvgIpc) is 3.37. The molecule has 1 aliphatic rings. The summed E-state index contributed by atoms with van der Waals surface area (Å²) >= 11 is 1.87. The third kappa shape index (κ3) is 4.68. The Hall–Kier alpha value is -2.64. The summed E-state index contributed by atoms with van der Waals surface area (Å²) in [6.45, 7) is 5.24. The molecule has 0 bridgehead atoms. The molecule has 0 saturated carbocycles. The molecule has 1 amide bonds. The molecule has 1 fully saturated rings. The minimum Gasteiger partial charge on any atom is -0.497 e. The van der Waals surface area contributed by atoms with E-state index >= 15 is 0 Å². The van der Waals surface area contributed by atoms with Gasteiger partial charge in [-0.05, 0) is 56.2 Å². The number of aryl methyl sites for hydroxylation is 1. The molecule has 3 aromatic rings. The molecule has 3 heterocycles. The first-order valence-electron chi connectivity index (χ1n) is 9.89. The van der Waals surface area contributed by atoms with Gasteiger partial charge in [-0.2, -0.15) is 5.10 Å². The average molecular weight is 411 g/mol. The van der Waals surface area contributed by atoms with E-state index in [1.807, 2.05) is 22.1 Å². The molecule has 7 heteroatoms. The van der Waals surface area contributed by atoms with Crippen LogP contribution < -0.4 is 10.1 Å². The van der Waals surface area contributed by atoms with Crippen LogP contribution in [0.25, 0.3) is 0 Å². The summed E-state index contributed by atoms with van der Waals surface area (Å²) in [4.78, 5) is 17.9. The zero-order valence-corrected chi connectivity index (χ0v) is 17.6. The molecule has 152 valence electrons. The summed E-state index contributed by atoms with van der Waals surface area (Å²) in [7, 11) is 1.61. The van der Waals surface area contributed by atoms with Crippen molar-refractivity contribution in [3.63, 3.8) is 0 Å². The highest BCUT2D eigenvalue weighted by Gasteiger charge is 2.23. The lowest BCUT2D eigenvalue weighted by Crippen LogP contribution is -2.34. The molecule has 6 nitrogen and oxygen atoms in total. The van der Waals surface area contributed by atoms with Gasteiger partial charge in [-0.25, -0.2) is 4.68 Å². The zero-order valence-electron chi connectivity index (χ0n) is 16.8. The quantitative estimate of drug-likeness (QED) is 0.656. The van der Waals surface area contributed by atoms with E-state index in [9.17, 15) is 4.79 Å². The number of anilines is 1. The number of nitrogens with one attached hydrogen (secondary N) is 1. The van der Waals surface area contributed by atoms with Crippen molar-refractivity contribution in [1.29, 1.82) is 0 Å². The Morgan fingerprint density at radius 2 is 1.93 bits per heavy atom. The fraction of sp³-hybridized carbons (Fsp3) is 0.364. The molecule has 0 atom stereocenters. The third-order valence-electron chi connectivity index (χ3n) is 5.34. The van der Waals surface area contributed by atoms with Crippen LogP contribution in [-0.2, 0) is 6.54 Å². The normalized spacial score (nSPS) is 15.4. The number of ether oxygens (including phenoxy) is 1. The number of hydrogen-bond donors (Lipinski definition) is 1. The van der Waals surface area contributed by atoms with Crippen LogP contribution in [0.5, 0.6) is 5.75 Å². The van der Waals surface area contributed by atoms with E-state index in [1.165, 1.54) is 9.75 Å². The number of carbonyl (C=O) groups is 1. The second kappa shape index (κ2) is 8.80. The Balaban J connectivity index is 1.36. The van der Waals surface area contributed by atoms with Crippen molar-refractivity contribution in [2.45, 2.75) is 32.4 Å². The number of piperidine rings is 1. The topological polar surface area (TPSA) is 59.4 Å². The smallest absolute Gasteiger partial charge is 0.256 e. The Labute approximate surface area is 175 Å². The van der Waals surface area contributed by atoms with Crippen LogP contribution in [0.1, 0.15) is 39.0 Å². The number of hydrogen-bond acceptors (Lipinski definition) is 5. The maximum Gasteiger partial charge on any atom is 0.256 e. The van der Waals surface area contributed by atoms with E-state index in [1.54, 1.807) is 37.6 Å². The molecule has 1 aliphatic heterocycles. The van der Waals surface area contributed by atoms with E-state index in [4.69, 9.17) is 4.74 Å². The zero-order chi connectivity index (χ0) is 20.2. The summed E-state index contributed by atoms with van der Waals surface area (Å²) in [5.41, 5.74) is 0.597. The van der Waals surface area contributed by atoms with E-state index in [0.29, 0.717) is 11.6 Å². The Bertz CT molecular complexity index is 955. The summed E-state index contributed by atoms with van der Waals surface area (Å²) in [5.74, 6) is 1.34. The predicted octanol–water partition coefficient (Wildman–Crippen LogP) is 4.35. The first kappa shape index (κ1) is 19.7. The van der Waals surface area contributed by atoms with Gasteiger partial charge in [0, 0.05) is 41.0 Å². The van der Waals surface area contributed by atoms with Crippen molar-refractivity contribution < 1.29 is 9.53 Å². The highest BCUT2D eigenvalue weighted by molar-refractivity contribution is 7.11. The monoisotopic (exact) mass is 410 g/mol. The molecule has 1 aromatic carbocycles. The second-order valence-corrected chi connectivity index (χ2v) is 8.74.